The van der Waals surface area contributed by atoms with Gasteiger partial charge in [0.1, 0.15) is 6.54 Å². The van der Waals surface area contributed by atoms with Crippen LogP contribution in [0.5, 0.6) is 0 Å². The van der Waals surface area contributed by atoms with E-state index in [1.54, 1.807) is 4.90 Å². The maximum Gasteiger partial charge on any atom is 0.244 e. The van der Waals surface area contributed by atoms with Gasteiger partial charge >= 0.3 is 0 Å². The summed E-state index contributed by atoms with van der Waals surface area (Å²) in [7, 11) is 0. The van der Waals surface area contributed by atoms with Gasteiger partial charge in [-0.3, -0.25) is 9.59 Å². The Balaban J connectivity index is 1.75. The minimum atomic E-state index is -0.115. The molecular weight excluding hydrogens is 272 g/mol. The van der Waals surface area contributed by atoms with Crippen molar-refractivity contribution in [3.8, 4) is 0 Å². The number of fused-ring (bicyclic) bond motifs is 1. The van der Waals surface area contributed by atoms with Crippen LogP contribution in [0.1, 0.15) is 19.3 Å². The average Bonchev–Trinajstić information content (AvgIpc) is 2.47. The summed E-state index contributed by atoms with van der Waals surface area (Å²) in [4.78, 5) is 25.9. The molecule has 0 spiro atoms. The Kier molecular flexibility index (Phi) is 3.96. The van der Waals surface area contributed by atoms with Crippen LogP contribution in [-0.2, 0) is 9.59 Å². The van der Waals surface area contributed by atoms with Gasteiger partial charge in [0.25, 0.3) is 0 Å². The van der Waals surface area contributed by atoms with E-state index in [2.05, 4.69) is 5.32 Å². The Bertz CT molecular complexity index is 526. The molecule has 1 fully saturated rings. The van der Waals surface area contributed by atoms with E-state index in [4.69, 9.17) is 0 Å². The van der Waals surface area contributed by atoms with Crippen molar-refractivity contribution in [3.63, 3.8) is 0 Å². The highest BCUT2D eigenvalue weighted by Gasteiger charge is 2.28. The number of carbonyl (C=O) groups is 2. The Labute approximate surface area is 122 Å². The molecule has 2 aliphatic heterocycles. The lowest BCUT2D eigenvalue weighted by atomic mass is 9.97. The third kappa shape index (κ3) is 2.82. The van der Waals surface area contributed by atoms with Crippen LogP contribution >= 0.6 is 11.8 Å². The molecule has 1 aromatic carbocycles. The van der Waals surface area contributed by atoms with Gasteiger partial charge in [-0.2, -0.15) is 11.8 Å². The number of benzene rings is 1. The molecule has 1 N–H and O–H groups in total. The number of carbonyl (C=O) groups excluding carboxylic acids is 2. The summed E-state index contributed by atoms with van der Waals surface area (Å²) < 4.78 is 0. The van der Waals surface area contributed by atoms with Crippen molar-refractivity contribution < 1.29 is 9.59 Å². The van der Waals surface area contributed by atoms with Crippen molar-refractivity contribution in [2.24, 2.45) is 5.92 Å². The Morgan fingerprint density at radius 2 is 2.05 bits per heavy atom. The SMILES string of the molecule is O=C1CN(C(=O)CC2CCSCC2)c2ccccc2N1. The predicted octanol–water partition coefficient (Wildman–Crippen LogP) is 2.50. The molecule has 20 heavy (non-hydrogen) atoms. The van der Waals surface area contributed by atoms with Crippen molar-refractivity contribution >= 4 is 35.0 Å². The Morgan fingerprint density at radius 1 is 1.30 bits per heavy atom. The number of thioether (sulfide) groups is 1. The van der Waals surface area contributed by atoms with E-state index in [9.17, 15) is 9.59 Å². The van der Waals surface area contributed by atoms with E-state index in [0.29, 0.717) is 12.3 Å². The van der Waals surface area contributed by atoms with E-state index in [-0.39, 0.29) is 18.4 Å². The zero-order valence-electron chi connectivity index (χ0n) is 11.3. The van der Waals surface area contributed by atoms with Crippen molar-refractivity contribution in [2.75, 3.05) is 28.3 Å². The molecule has 0 unspecified atom stereocenters. The third-order valence-corrected chi connectivity index (χ3v) is 4.92. The summed E-state index contributed by atoms with van der Waals surface area (Å²) in [6.45, 7) is 0.136. The summed E-state index contributed by atoms with van der Waals surface area (Å²) in [5, 5.41) is 2.81. The molecule has 106 valence electrons. The monoisotopic (exact) mass is 290 g/mol. The zero-order valence-corrected chi connectivity index (χ0v) is 12.1. The fourth-order valence-electron chi connectivity index (χ4n) is 2.76. The Morgan fingerprint density at radius 3 is 2.85 bits per heavy atom. The van der Waals surface area contributed by atoms with Crippen LogP contribution in [0.2, 0.25) is 0 Å². The minimum absolute atomic E-state index is 0.0733. The summed E-state index contributed by atoms with van der Waals surface area (Å²) in [5.41, 5.74) is 1.55. The number of hydrogen-bond donors (Lipinski definition) is 1. The second kappa shape index (κ2) is 5.87. The topological polar surface area (TPSA) is 49.4 Å². The lowest BCUT2D eigenvalue weighted by molar-refractivity contribution is -0.122. The highest BCUT2D eigenvalue weighted by Crippen LogP contribution is 2.31. The highest BCUT2D eigenvalue weighted by atomic mass is 32.2. The highest BCUT2D eigenvalue weighted by molar-refractivity contribution is 7.99. The molecule has 0 aromatic heterocycles. The quantitative estimate of drug-likeness (QED) is 0.910. The number of amides is 2. The first-order valence-corrected chi connectivity index (χ1v) is 8.16. The molecule has 2 heterocycles. The molecule has 1 saturated heterocycles. The van der Waals surface area contributed by atoms with E-state index >= 15 is 0 Å². The van der Waals surface area contributed by atoms with Crippen molar-refractivity contribution in [2.45, 2.75) is 19.3 Å². The molecule has 0 atom stereocenters. The molecule has 3 rings (SSSR count). The number of anilines is 2. The number of hydrogen-bond acceptors (Lipinski definition) is 3. The number of para-hydroxylation sites is 2. The van der Waals surface area contributed by atoms with Gasteiger partial charge in [-0.1, -0.05) is 12.1 Å². The number of nitrogens with zero attached hydrogens (tertiary/aromatic N) is 1. The van der Waals surface area contributed by atoms with Gasteiger partial charge in [-0.05, 0) is 42.4 Å². The molecular formula is C15H18N2O2S. The van der Waals surface area contributed by atoms with Crippen molar-refractivity contribution in [3.05, 3.63) is 24.3 Å². The summed E-state index contributed by atoms with van der Waals surface area (Å²) >= 11 is 1.96. The first kappa shape index (κ1) is 13.5. The molecule has 2 aliphatic rings. The minimum Gasteiger partial charge on any atom is -0.323 e. The molecule has 4 nitrogen and oxygen atoms in total. The molecule has 0 aliphatic carbocycles. The van der Waals surface area contributed by atoms with Crippen LogP contribution in [0.4, 0.5) is 11.4 Å². The van der Waals surface area contributed by atoms with Crippen molar-refractivity contribution in [1.29, 1.82) is 0 Å². The summed E-state index contributed by atoms with van der Waals surface area (Å²) in [6, 6.07) is 7.49. The largest absolute Gasteiger partial charge is 0.323 e. The normalized spacial score (nSPS) is 19.4. The first-order chi connectivity index (χ1) is 9.74. The second-order valence-electron chi connectivity index (χ2n) is 5.31. The van der Waals surface area contributed by atoms with Gasteiger partial charge in [0.15, 0.2) is 0 Å². The second-order valence-corrected chi connectivity index (χ2v) is 6.53. The van der Waals surface area contributed by atoms with Gasteiger partial charge < -0.3 is 10.2 Å². The van der Waals surface area contributed by atoms with Crippen LogP contribution in [0.3, 0.4) is 0 Å². The molecule has 0 bridgehead atoms. The molecule has 5 heteroatoms. The maximum absolute atomic E-state index is 12.5. The molecule has 0 radical (unpaired) electrons. The van der Waals surface area contributed by atoms with E-state index < -0.39 is 0 Å². The predicted molar refractivity (Wildman–Crippen MR) is 82.1 cm³/mol. The van der Waals surface area contributed by atoms with Gasteiger partial charge in [0.2, 0.25) is 11.8 Å². The first-order valence-electron chi connectivity index (χ1n) is 7.01. The van der Waals surface area contributed by atoms with Crippen molar-refractivity contribution in [1.82, 2.24) is 0 Å². The van der Waals surface area contributed by atoms with Crippen LogP contribution < -0.4 is 10.2 Å². The van der Waals surface area contributed by atoms with Crippen LogP contribution in [0, 0.1) is 5.92 Å². The van der Waals surface area contributed by atoms with Gasteiger partial charge in [-0.25, -0.2) is 0 Å². The smallest absolute Gasteiger partial charge is 0.244 e. The van der Waals surface area contributed by atoms with Gasteiger partial charge in [0, 0.05) is 6.42 Å². The average molecular weight is 290 g/mol. The fourth-order valence-corrected chi connectivity index (χ4v) is 3.97. The van der Waals surface area contributed by atoms with E-state index in [0.717, 1.165) is 35.7 Å². The third-order valence-electron chi connectivity index (χ3n) is 3.88. The molecule has 2 amide bonds. The maximum atomic E-state index is 12.5. The fraction of sp³-hybridized carbons (Fsp3) is 0.467. The van der Waals surface area contributed by atoms with E-state index in [1.165, 1.54) is 0 Å². The summed E-state index contributed by atoms with van der Waals surface area (Å²) in [5.74, 6) is 2.73. The zero-order chi connectivity index (χ0) is 13.9. The lowest BCUT2D eigenvalue weighted by Crippen LogP contribution is -2.42. The molecule has 0 saturated carbocycles. The standard InChI is InChI=1S/C15H18N2O2S/c18-14-10-17(13-4-2-1-3-12(13)16-14)15(19)9-11-5-7-20-8-6-11/h1-4,11H,5-10H2,(H,16,18). The summed E-state index contributed by atoms with van der Waals surface area (Å²) in [6.07, 6.45) is 2.78. The van der Waals surface area contributed by atoms with Gasteiger partial charge in [0.05, 0.1) is 11.4 Å². The Hall–Kier alpha value is -1.49. The van der Waals surface area contributed by atoms with Crippen LogP contribution in [0.15, 0.2) is 24.3 Å². The van der Waals surface area contributed by atoms with Crippen LogP contribution in [-0.4, -0.2) is 29.9 Å². The van der Waals surface area contributed by atoms with E-state index in [1.807, 2.05) is 36.0 Å². The molecule has 1 aromatic rings. The van der Waals surface area contributed by atoms with Crippen LogP contribution in [0.25, 0.3) is 0 Å². The number of nitrogens with one attached hydrogen (secondary N) is 1. The number of rotatable bonds is 2. The lowest BCUT2D eigenvalue weighted by Gasteiger charge is -2.31. The van der Waals surface area contributed by atoms with Gasteiger partial charge in [-0.15, -0.1) is 0 Å².